The minimum absolute atomic E-state index is 1.10. The van der Waals surface area contributed by atoms with Crippen molar-refractivity contribution in [1.82, 2.24) is 0 Å². The first-order chi connectivity index (χ1) is 4.97. The monoisotopic (exact) mass is 125 g/mol. The molecule has 10 heavy (non-hydrogen) atoms. The molecular formula is C10H5. The summed E-state index contributed by atoms with van der Waals surface area (Å²) in [5.74, 6) is 0. The van der Waals surface area contributed by atoms with Gasteiger partial charge in [0.2, 0.25) is 0 Å². The van der Waals surface area contributed by atoms with Crippen molar-refractivity contribution >= 4 is 10.8 Å². The largest absolute Gasteiger partial charge is 0.0610 e. The Kier molecular flexibility index (Phi) is 1.17. The van der Waals surface area contributed by atoms with E-state index in [0.29, 0.717) is 0 Å². The first-order valence-corrected chi connectivity index (χ1v) is 3.15. The van der Waals surface area contributed by atoms with Crippen molar-refractivity contribution in [2.75, 3.05) is 0 Å². The van der Waals surface area contributed by atoms with Crippen molar-refractivity contribution in [3.05, 3.63) is 48.5 Å². The van der Waals surface area contributed by atoms with Crippen molar-refractivity contribution in [3.8, 4) is 0 Å². The van der Waals surface area contributed by atoms with Crippen LogP contribution < -0.4 is 0 Å². The molecule has 0 aliphatic carbocycles. The van der Waals surface area contributed by atoms with Crippen LogP contribution in [0.2, 0.25) is 0 Å². The van der Waals surface area contributed by atoms with Crippen molar-refractivity contribution < 1.29 is 0 Å². The van der Waals surface area contributed by atoms with Gasteiger partial charge in [-0.05, 0) is 41.1 Å². The van der Waals surface area contributed by atoms with Crippen LogP contribution in [0.3, 0.4) is 0 Å². The standard InChI is InChI=1S/C10H5/c1-2-6-10-8-4-3-7-9(10)5-1/h1-2,5,7-8H. The molecule has 0 saturated heterocycles. The first kappa shape index (κ1) is 5.48. The highest BCUT2D eigenvalue weighted by Gasteiger charge is 1.86. The van der Waals surface area contributed by atoms with Gasteiger partial charge in [0.05, 0.1) is 0 Å². The van der Waals surface area contributed by atoms with E-state index >= 15 is 0 Å². The molecule has 0 heteroatoms. The molecule has 45 valence electrons. The zero-order valence-electron chi connectivity index (χ0n) is 5.39. The Labute approximate surface area is 60.1 Å². The fraction of sp³-hybridized carbons (Fsp3) is 0. The van der Waals surface area contributed by atoms with Crippen LogP contribution in [0.5, 0.6) is 0 Å². The normalized spacial score (nSPS) is 10.0. The highest BCUT2D eigenvalue weighted by Crippen LogP contribution is 2.09. The van der Waals surface area contributed by atoms with E-state index in [-0.39, 0.29) is 0 Å². The Morgan fingerprint density at radius 2 is 2.00 bits per heavy atom. The third-order valence-corrected chi connectivity index (χ3v) is 1.45. The van der Waals surface area contributed by atoms with Crippen LogP contribution in [-0.2, 0) is 0 Å². The molecule has 0 aliphatic heterocycles. The van der Waals surface area contributed by atoms with Gasteiger partial charge in [-0.1, -0.05) is 18.2 Å². The molecule has 2 aromatic carbocycles. The fourth-order valence-electron chi connectivity index (χ4n) is 0.947. The smallest absolute Gasteiger partial charge is 0.00921 e. The molecule has 2 rings (SSSR count). The van der Waals surface area contributed by atoms with E-state index in [1.54, 1.807) is 0 Å². The average molecular weight is 125 g/mol. The van der Waals surface area contributed by atoms with E-state index in [4.69, 9.17) is 0 Å². The van der Waals surface area contributed by atoms with Crippen LogP contribution >= 0.6 is 0 Å². The molecule has 0 nitrogen and oxygen atoms in total. The molecule has 0 saturated carbocycles. The summed E-state index contributed by atoms with van der Waals surface area (Å²) in [4.78, 5) is 0. The quantitative estimate of drug-likeness (QED) is 0.506. The molecule has 0 unspecified atom stereocenters. The number of hydrogen-bond acceptors (Lipinski definition) is 0. The van der Waals surface area contributed by atoms with Crippen LogP contribution in [0.15, 0.2) is 30.3 Å². The number of rotatable bonds is 0. The summed E-state index contributed by atoms with van der Waals surface area (Å²) in [7, 11) is 0. The van der Waals surface area contributed by atoms with Crippen LogP contribution in [0.25, 0.3) is 10.8 Å². The molecule has 2 aromatic rings. The Bertz CT molecular complexity index is 271. The zero-order chi connectivity index (χ0) is 6.81. The minimum atomic E-state index is 1.10. The van der Waals surface area contributed by atoms with Crippen molar-refractivity contribution in [2.45, 2.75) is 0 Å². The van der Waals surface area contributed by atoms with Gasteiger partial charge >= 0.3 is 0 Å². The molecule has 0 aliphatic rings. The van der Waals surface area contributed by atoms with Gasteiger partial charge in [0, 0.05) is 0 Å². The minimum Gasteiger partial charge on any atom is -0.0610 e. The lowest BCUT2D eigenvalue weighted by Gasteiger charge is -1.91. The molecule has 0 atom stereocenters. The van der Waals surface area contributed by atoms with E-state index in [9.17, 15) is 0 Å². The molecule has 0 N–H and O–H groups in total. The van der Waals surface area contributed by atoms with Gasteiger partial charge in [-0.15, -0.1) is 0 Å². The molecule has 0 heterocycles. The van der Waals surface area contributed by atoms with Crippen molar-refractivity contribution in [2.24, 2.45) is 0 Å². The molecule has 0 spiro atoms. The molecule has 0 bridgehead atoms. The van der Waals surface area contributed by atoms with Gasteiger partial charge in [0.1, 0.15) is 0 Å². The lowest BCUT2D eigenvalue weighted by molar-refractivity contribution is 1.71. The van der Waals surface area contributed by atoms with Crippen LogP contribution in [0.4, 0.5) is 0 Å². The van der Waals surface area contributed by atoms with E-state index < -0.39 is 0 Å². The summed E-state index contributed by atoms with van der Waals surface area (Å²) in [6, 6.07) is 18.6. The second-order valence-corrected chi connectivity index (χ2v) is 2.12. The molecule has 0 fully saturated rings. The first-order valence-electron chi connectivity index (χ1n) is 3.15. The maximum Gasteiger partial charge on any atom is -0.00921 e. The zero-order valence-corrected chi connectivity index (χ0v) is 5.39. The summed E-state index contributed by atoms with van der Waals surface area (Å²) < 4.78 is 0. The SMILES string of the molecule is [c]1[c]cc2ccc[c]c2c1. The average Bonchev–Trinajstić information content (AvgIpc) is 2.05. The van der Waals surface area contributed by atoms with Crippen molar-refractivity contribution in [3.63, 3.8) is 0 Å². The highest BCUT2D eigenvalue weighted by molar-refractivity contribution is 5.81. The van der Waals surface area contributed by atoms with Gasteiger partial charge in [-0.25, -0.2) is 0 Å². The van der Waals surface area contributed by atoms with E-state index in [2.05, 4.69) is 18.2 Å². The Morgan fingerprint density at radius 3 is 2.90 bits per heavy atom. The van der Waals surface area contributed by atoms with Gasteiger partial charge < -0.3 is 0 Å². The summed E-state index contributed by atoms with van der Waals surface area (Å²) in [5.41, 5.74) is 0. The van der Waals surface area contributed by atoms with Gasteiger partial charge in [-0.3, -0.25) is 0 Å². The number of fused-ring (bicyclic) bond motifs is 1. The maximum absolute atomic E-state index is 3.10. The topological polar surface area (TPSA) is 0 Å². The maximum atomic E-state index is 3.10. The predicted molar refractivity (Wildman–Crippen MR) is 40.5 cm³/mol. The second-order valence-electron chi connectivity index (χ2n) is 2.12. The van der Waals surface area contributed by atoms with Gasteiger partial charge in [0.25, 0.3) is 0 Å². The van der Waals surface area contributed by atoms with Crippen LogP contribution in [0.1, 0.15) is 0 Å². The van der Waals surface area contributed by atoms with Crippen LogP contribution in [0, 0.1) is 18.2 Å². The van der Waals surface area contributed by atoms with Crippen LogP contribution in [-0.4, -0.2) is 0 Å². The number of benzene rings is 2. The molecule has 0 aromatic heterocycles. The summed E-state index contributed by atoms with van der Waals surface area (Å²) >= 11 is 0. The lowest BCUT2D eigenvalue weighted by Crippen LogP contribution is -1.68. The highest BCUT2D eigenvalue weighted by atomic mass is 13.9. The Hall–Kier alpha value is -1.30. The summed E-state index contributed by atoms with van der Waals surface area (Å²) in [6.45, 7) is 0. The molecule has 0 amide bonds. The van der Waals surface area contributed by atoms with Crippen molar-refractivity contribution in [1.29, 1.82) is 0 Å². The predicted octanol–water partition coefficient (Wildman–Crippen LogP) is 2.24. The second kappa shape index (κ2) is 2.14. The Balaban J connectivity index is 2.89. The molecule has 3 radical (unpaired) electrons. The summed E-state index contributed by atoms with van der Waals surface area (Å²) in [5, 5.41) is 2.27. The molecular weight excluding hydrogens is 120 g/mol. The third kappa shape index (κ3) is 0.781. The third-order valence-electron chi connectivity index (χ3n) is 1.45. The summed E-state index contributed by atoms with van der Waals surface area (Å²) in [6.07, 6.45) is 0. The number of hydrogen-bond donors (Lipinski definition) is 0. The van der Waals surface area contributed by atoms with E-state index in [1.807, 2.05) is 30.3 Å². The van der Waals surface area contributed by atoms with Gasteiger partial charge in [0.15, 0.2) is 0 Å². The van der Waals surface area contributed by atoms with E-state index in [1.165, 1.54) is 5.39 Å². The van der Waals surface area contributed by atoms with E-state index in [0.717, 1.165) is 5.39 Å². The Morgan fingerprint density at radius 1 is 1.10 bits per heavy atom. The fourth-order valence-corrected chi connectivity index (χ4v) is 0.947. The van der Waals surface area contributed by atoms with Gasteiger partial charge in [-0.2, -0.15) is 0 Å². The lowest BCUT2D eigenvalue weighted by atomic mass is 10.1.